The lowest BCUT2D eigenvalue weighted by Gasteiger charge is -2.00. The van der Waals surface area contributed by atoms with Crippen LogP contribution < -0.4 is 0 Å². The standard InChI is InChI=1S/C17H15N3O/c1-12-3-9-16(10-4-12)20-11-17(18-19-20)15-7-5-14(6-8-15)13(2)21/h3-11H,1-2H3. The summed E-state index contributed by atoms with van der Waals surface area (Å²) in [5, 5.41) is 8.34. The highest BCUT2D eigenvalue weighted by molar-refractivity contribution is 5.94. The lowest BCUT2D eigenvalue weighted by Crippen LogP contribution is -1.94. The summed E-state index contributed by atoms with van der Waals surface area (Å²) in [6, 6.07) is 15.5. The van der Waals surface area contributed by atoms with Crippen LogP contribution in [0, 0.1) is 6.92 Å². The fraction of sp³-hybridized carbons (Fsp3) is 0.118. The van der Waals surface area contributed by atoms with Crippen molar-refractivity contribution in [3.05, 3.63) is 65.9 Å². The molecule has 0 saturated heterocycles. The third-order valence-corrected chi connectivity index (χ3v) is 3.38. The van der Waals surface area contributed by atoms with Crippen LogP contribution in [-0.2, 0) is 0 Å². The van der Waals surface area contributed by atoms with Gasteiger partial charge in [-0.15, -0.1) is 5.10 Å². The third-order valence-electron chi connectivity index (χ3n) is 3.38. The molecule has 1 aromatic heterocycles. The molecule has 2 aromatic carbocycles. The van der Waals surface area contributed by atoms with E-state index in [9.17, 15) is 4.79 Å². The molecule has 0 unspecified atom stereocenters. The predicted molar refractivity (Wildman–Crippen MR) is 81.5 cm³/mol. The summed E-state index contributed by atoms with van der Waals surface area (Å²) in [5.74, 6) is 0.0601. The summed E-state index contributed by atoms with van der Waals surface area (Å²) >= 11 is 0. The number of hydrogen-bond acceptors (Lipinski definition) is 3. The van der Waals surface area contributed by atoms with E-state index in [2.05, 4.69) is 10.3 Å². The molecule has 3 rings (SSSR count). The van der Waals surface area contributed by atoms with Gasteiger partial charge in [0.15, 0.2) is 5.78 Å². The molecule has 0 aliphatic rings. The maximum Gasteiger partial charge on any atom is 0.159 e. The zero-order valence-corrected chi connectivity index (χ0v) is 11.9. The molecule has 4 heteroatoms. The van der Waals surface area contributed by atoms with Crippen LogP contribution in [0.25, 0.3) is 16.9 Å². The van der Waals surface area contributed by atoms with Gasteiger partial charge in [0.05, 0.1) is 11.9 Å². The second-order valence-corrected chi connectivity index (χ2v) is 5.02. The molecule has 0 bridgehead atoms. The van der Waals surface area contributed by atoms with E-state index < -0.39 is 0 Å². The van der Waals surface area contributed by atoms with Crippen molar-refractivity contribution in [2.45, 2.75) is 13.8 Å². The van der Waals surface area contributed by atoms with Gasteiger partial charge in [0, 0.05) is 11.1 Å². The van der Waals surface area contributed by atoms with Gasteiger partial charge in [-0.3, -0.25) is 4.79 Å². The molecule has 0 amide bonds. The minimum Gasteiger partial charge on any atom is -0.295 e. The molecule has 0 atom stereocenters. The second-order valence-electron chi connectivity index (χ2n) is 5.02. The Morgan fingerprint density at radius 2 is 1.67 bits per heavy atom. The van der Waals surface area contributed by atoms with Gasteiger partial charge < -0.3 is 0 Å². The van der Waals surface area contributed by atoms with E-state index in [4.69, 9.17) is 0 Å². The Balaban J connectivity index is 1.90. The Hall–Kier alpha value is -2.75. The average Bonchev–Trinajstić information content (AvgIpc) is 2.98. The summed E-state index contributed by atoms with van der Waals surface area (Å²) in [6.07, 6.45) is 1.88. The zero-order chi connectivity index (χ0) is 14.8. The Morgan fingerprint density at radius 3 is 2.29 bits per heavy atom. The highest BCUT2D eigenvalue weighted by atomic mass is 16.1. The van der Waals surface area contributed by atoms with Crippen LogP contribution in [0.1, 0.15) is 22.8 Å². The van der Waals surface area contributed by atoms with E-state index in [-0.39, 0.29) is 5.78 Å². The van der Waals surface area contributed by atoms with Crippen molar-refractivity contribution in [3.8, 4) is 16.9 Å². The van der Waals surface area contributed by atoms with Crippen LogP contribution in [0.15, 0.2) is 54.7 Å². The van der Waals surface area contributed by atoms with Crippen LogP contribution in [0.3, 0.4) is 0 Å². The molecule has 0 radical (unpaired) electrons. The van der Waals surface area contributed by atoms with Crippen LogP contribution in [-0.4, -0.2) is 20.8 Å². The number of hydrogen-bond donors (Lipinski definition) is 0. The molecule has 1 heterocycles. The first kappa shape index (κ1) is 13.2. The lowest BCUT2D eigenvalue weighted by molar-refractivity contribution is 0.101. The van der Waals surface area contributed by atoms with Gasteiger partial charge in [0.1, 0.15) is 5.69 Å². The molecule has 0 aliphatic heterocycles. The molecular weight excluding hydrogens is 262 g/mol. The number of rotatable bonds is 3. The number of carbonyl (C=O) groups excluding carboxylic acids is 1. The number of benzene rings is 2. The molecule has 0 fully saturated rings. The van der Waals surface area contributed by atoms with Crippen LogP contribution in [0.2, 0.25) is 0 Å². The highest BCUT2D eigenvalue weighted by Gasteiger charge is 2.06. The summed E-state index contributed by atoms with van der Waals surface area (Å²) in [7, 11) is 0. The van der Waals surface area contributed by atoms with Crippen molar-refractivity contribution < 1.29 is 4.79 Å². The van der Waals surface area contributed by atoms with Crippen molar-refractivity contribution in [3.63, 3.8) is 0 Å². The maximum atomic E-state index is 11.3. The number of nitrogens with zero attached hydrogens (tertiary/aromatic N) is 3. The molecule has 3 aromatic rings. The molecule has 4 nitrogen and oxygen atoms in total. The average molecular weight is 277 g/mol. The third kappa shape index (κ3) is 2.74. The number of carbonyl (C=O) groups is 1. The number of Topliss-reactive ketones (excluding diaryl/α,β-unsaturated/α-hetero) is 1. The SMILES string of the molecule is CC(=O)c1ccc(-c2cn(-c3ccc(C)cc3)nn2)cc1. The first-order chi connectivity index (χ1) is 10.1. The molecular formula is C17H15N3O. The van der Waals surface area contributed by atoms with Gasteiger partial charge in [-0.2, -0.15) is 0 Å². The van der Waals surface area contributed by atoms with E-state index in [1.807, 2.05) is 61.7 Å². The number of aryl methyl sites for hydroxylation is 1. The van der Waals surface area contributed by atoms with Gasteiger partial charge >= 0.3 is 0 Å². The highest BCUT2D eigenvalue weighted by Crippen LogP contribution is 2.18. The predicted octanol–water partition coefficient (Wildman–Crippen LogP) is 3.45. The Bertz CT molecular complexity index is 771. The van der Waals surface area contributed by atoms with Gasteiger partial charge in [-0.05, 0) is 26.0 Å². The minimum absolute atomic E-state index is 0.0601. The molecule has 21 heavy (non-hydrogen) atoms. The summed E-state index contributed by atoms with van der Waals surface area (Å²) in [4.78, 5) is 11.3. The Labute approximate surface area is 123 Å². The van der Waals surface area contributed by atoms with Crippen LogP contribution in [0.4, 0.5) is 0 Å². The molecule has 104 valence electrons. The van der Waals surface area contributed by atoms with Gasteiger partial charge in [0.25, 0.3) is 0 Å². The maximum absolute atomic E-state index is 11.3. The molecule has 0 spiro atoms. The number of ketones is 1. The van der Waals surface area contributed by atoms with E-state index in [1.54, 1.807) is 11.6 Å². The quantitative estimate of drug-likeness (QED) is 0.689. The normalized spacial score (nSPS) is 10.6. The van der Waals surface area contributed by atoms with E-state index in [1.165, 1.54) is 5.56 Å². The summed E-state index contributed by atoms with van der Waals surface area (Å²) < 4.78 is 1.74. The van der Waals surface area contributed by atoms with Crippen LogP contribution >= 0.6 is 0 Å². The Morgan fingerprint density at radius 1 is 1.00 bits per heavy atom. The molecule has 0 saturated carbocycles. The van der Waals surface area contributed by atoms with Gasteiger partial charge in [-0.25, -0.2) is 4.68 Å². The summed E-state index contributed by atoms with van der Waals surface area (Å²) in [6.45, 7) is 3.61. The zero-order valence-electron chi connectivity index (χ0n) is 11.9. The van der Waals surface area contributed by atoms with Crippen molar-refractivity contribution in [1.82, 2.24) is 15.0 Å². The fourth-order valence-corrected chi connectivity index (χ4v) is 2.10. The monoisotopic (exact) mass is 277 g/mol. The van der Waals surface area contributed by atoms with Crippen LogP contribution in [0.5, 0.6) is 0 Å². The molecule has 0 N–H and O–H groups in total. The first-order valence-corrected chi connectivity index (χ1v) is 6.74. The minimum atomic E-state index is 0.0601. The van der Waals surface area contributed by atoms with Crippen molar-refractivity contribution in [1.29, 1.82) is 0 Å². The Kier molecular flexibility index (Phi) is 3.36. The van der Waals surface area contributed by atoms with E-state index in [0.29, 0.717) is 5.56 Å². The smallest absolute Gasteiger partial charge is 0.159 e. The topological polar surface area (TPSA) is 47.8 Å². The van der Waals surface area contributed by atoms with E-state index in [0.717, 1.165) is 16.9 Å². The van der Waals surface area contributed by atoms with E-state index >= 15 is 0 Å². The number of aromatic nitrogens is 3. The van der Waals surface area contributed by atoms with Crippen molar-refractivity contribution in [2.24, 2.45) is 0 Å². The van der Waals surface area contributed by atoms with Crippen molar-refractivity contribution >= 4 is 5.78 Å². The lowest BCUT2D eigenvalue weighted by atomic mass is 10.1. The van der Waals surface area contributed by atoms with Gasteiger partial charge in [-0.1, -0.05) is 47.2 Å². The fourth-order valence-electron chi connectivity index (χ4n) is 2.10. The molecule has 0 aliphatic carbocycles. The van der Waals surface area contributed by atoms with Crippen molar-refractivity contribution in [2.75, 3.05) is 0 Å². The second kappa shape index (κ2) is 5.32. The summed E-state index contributed by atoms with van der Waals surface area (Å²) in [5.41, 5.74) is 4.60. The largest absolute Gasteiger partial charge is 0.295 e. The first-order valence-electron chi connectivity index (χ1n) is 6.74. The van der Waals surface area contributed by atoms with Gasteiger partial charge in [0.2, 0.25) is 0 Å².